The molecule has 0 atom stereocenters. The summed E-state index contributed by atoms with van der Waals surface area (Å²) in [7, 11) is 5.52. The molecule has 0 rings (SSSR count). The molecule has 28 heavy (non-hydrogen) atoms. The Labute approximate surface area is 174 Å². The zero-order valence-corrected chi connectivity index (χ0v) is 19.2. The molecule has 0 spiro atoms. The van der Waals surface area contributed by atoms with Gasteiger partial charge in [-0.2, -0.15) is 0 Å². The highest BCUT2D eigenvalue weighted by Gasteiger charge is 2.11. The number of carboxylic acid groups (broad SMARTS) is 2. The Kier molecular flexibility index (Phi) is 21.4. The van der Waals surface area contributed by atoms with Crippen molar-refractivity contribution in [2.45, 2.75) is 110 Å². The molecule has 0 saturated heterocycles. The van der Waals surface area contributed by atoms with Crippen LogP contribution in [0.25, 0.3) is 0 Å². The smallest absolute Gasteiger partial charge is 0.359 e. The number of unbranched alkanes of at least 4 members (excludes halogenated alkanes) is 14. The summed E-state index contributed by atoms with van der Waals surface area (Å²) in [5.41, 5.74) is 0. The van der Waals surface area contributed by atoms with Crippen LogP contribution in [-0.2, 0) is 9.59 Å². The monoisotopic (exact) mass is 402 g/mol. The quantitative estimate of drug-likeness (QED) is 0.214. The molecule has 168 valence electrons. The largest absolute Gasteiger partial charge is 0.481 e. The van der Waals surface area contributed by atoms with E-state index in [0.29, 0.717) is 10.9 Å². The average molecular weight is 403 g/mol. The topological polar surface area (TPSA) is 74.6 Å². The van der Waals surface area contributed by atoms with Crippen LogP contribution in [0.5, 0.6) is 0 Å². The van der Waals surface area contributed by atoms with Crippen LogP contribution < -0.4 is 0 Å². The summed E-state index contributed by atoms with van der Waals surface area (Å²) in [5.74, 6) is -1.41. The van der Waals surface area contributed by atoms with Crippen molar-refractivity contribution in [3.05, 3.63) is 0 Å². The van der Waals surface area contributed by atoms with Crippen molar-refractivity contribution in [1.29, 1.82) is 0 Å². The van der Waals surface area contributed by atoms with E-state index >= 15 is 0 Å². The average Bonchev–Trinajstić information content (AvgIpc) is 2.56. The normalized spacial score (nSPS) is 11.0. The van der Waals surface area contributed by atoms with Crippen LogP contribution >= 0.6 is 0 Å². The van der Waals surface area contributed by atoms with Crippen molar-refractivity contribution in [2.24, 2.45) is 0 Å². The Hall–Kier alpha value is -1.10. The van der Waals surface area contributed by atoms with E-state index in [-0.39, 0.29) is 6.54 Å². The van der Waals surface area contributed by atoms with E-state index in [2.05, 4.69) is 6.92 Å². The van der Waals surface area contributed by atoms with Crippen molar-refractivity contribution in [2.75, 3.05) is 27.7 Å². The maximum absolute atomic E-state index is 10.3. The summed E-state index contributed by atoms with van der Waals surface area (Å²) in [4.78, 5) is 20.3. The molecule has 0 bridgehead atoms. The second-order valence-corrected chi connectivity index (χ2v) is 8.94. The van der Waals surface area contributed by atoms with Crippen molar-refractivity contribution in [3.8, 4) is 0 Å². The second-order valence-electron chi connectivity index (χ2n) is 8.94. The third-order valence-electron chi connectivity index (χ3n) is 4.60. The van der Waals surface area contributed by atoms with Gasteiger partial charge in [-0.15, -0.1) is 0 Å². The number of likely N-dealkylation sites (N-methyl/N-ethyl adjacent to an activating group) is 1. The van der Waals surface area contributed by atoms with E-state index in [4.69, 9.17) is 10.2 Å². The molecular weight excluding hydrogens is 354 g/mol. The molecule has 0 aromatic rings. The van der Waals surface area contributed by atoms with Crippen LogP contribution in [0, 0.1) is 0 Å². The number of quaternary nitrogens is 1. The maximum atomic E-state index is 10.3. The first-order chi connectivity index (χ1) is 13.2. The second kappa shape index (κ2) is 20.6. The third-order valence-corrected chi connectivity index (χ3v) is 4.60. The molecule has 0 radical (unpaired) electrons. The highest BCUT2D eigenvalue weighted by Crippen LogP contribution is 2.13. The van der Waals surface area contributed by atoms with Crippen molar-refractivity contribution < 1.29 is 24.3 Å². The van der Waals surface area contributed by atoms with Gasteiger partial charge in [-0.1, -0.05) is 96.8 Å². The molecule has 0 amide bonds. The van der Waals surface area contributed by atoms with Crippen LogP contribution in [0.1, 0.15) is 110 Å². The van der Waals surface area contributed by atoms with E-state index < -0.39 is 11.9 Å². The maximum Gasteiger partial charge on any atom is 0.359 e. The number of carboxylic acids is 2. The summed E-state index contributed by atoms with van der Waals surface area (Å²) < 4.78 is 0.481. The molecule has 0 aliphatic carbocycles. The van der Waals surface area contributed by atoms with Gasteiger partial charge >= 0.3 is 11.9 Å². The minimum Gasteiger partial charge on any atom is -0.481 e. The standard InChI is InChI=1S/C18H36O2.C5H11NO2/c1-2-3-4-5-6-7-8-9-10-11-12-13-14-15-16-17-18(19)20;1-6(2,3)4-5(7)8/h2-17H2,1H3,(H,19,20);4H2,1-3H3/p+1. The lowest BCUT2D eigenvalue weighted by atomic mass is 10.0. The zero-order chi connectivity index (χ0) is 21.7. The number of carbonyl (C=O) groups is 2. The van der Waals surface area contributed by atoms with E-state index in [1.54, 1.807) is 0 Å². The minimum atomic E-state index is -0.752. The molecule has 0 unspecified atom stereocenters. The van der Waals surface area contributed by atoms with Gasteiger partial charge < -0.3 is 14.7 Å². The lowest BCUT2D eigenvalue weighted by Gasteiger charge is -2.20. The van der Waals surface area contributed by atoms with Crippen LogP contribution in [-0.4, -0.2) is 54.3 Å². The van der Waals surface area contributed by atoms with Gasteiger partial charge in [0.15, 0.2) is 6.54 Å². The van der Waals surface area contributed by atoms with E-state index in [1.165, 1.54) is 83.5 Å². The number of nitrogens with zero attached hydrogens (tertiary/aromatic N) is 1. The Balaban J connectivity index is 0. The molecule has 0 fully saturated rings. The number of rotatable bonds is 18. The Morgan fingerprint density at radius 1 is 0.571 bits per heavy atom. The van der Waals surface area contributed by atoms with Crippen molar-refractivity contribution in [1.82, 2.24) is 0 Å². The van der Waals surface area contributed by atoms with Gasteiger partial charge in [0.1, 0.15) is 0 Å². The third kappa shape index (κ3) is 32.6. The van der Waals surface area contributed by atoms with Crippen LogP contribution in [0.4, 0.5) is 0 Å². The highest BCUT2D eigenvalue weighted by molar-refractivity contribution is 5.67. The van der Waals surface area contributed by atoms with Crippen LogP contribution in [0.15, 0.2) is 0 Å². The summed E-state index contributed by atoms with van der Waals surface area (Å²) in [6.07, 6.45) is 20.2. The molecule has 0 heterocycles. The first-order valence-electron chi connectivity index (χ1n) is 11.4. The Morgan fingerprint density at radius 3 is 1.11 bits per heavy atom. The summed E-state index contributed by atoms with van der Waals surface area (Å²) in [6, 6.07) is 0. The molecular formula is C23H48NO4+. The fourth-order valence-corrected chi connectivity index (χ4v) is 3.05. The van der Waals surface area contributed by atoms with Gasteiger partial charge in [-0.3, -0.25) is 4.79 Å². The van der Waals surface area contributed by atoms with E-state index in [9.17, 15) is 9.59 Å². The molecule has 0 aliphatic heterocycles. The van der Waals surface area contributed by atoms with Gasteiger partial charge in [-0.05, 0) is 6.42 Å². The summed E-state index contributed by atoms with van der Waals surface area (Å²) in [6.45, 7) is 2.45. The lowest BCUT2D eigenvalue weighted by Crippen LogP contribution is -2.39. The predicted molar refractivity (Wildman–Crippen MR) is 118 cm³/mol. The summed E-state index contributed by atoms with van der Waals surface area (Å²) in [5, 5.41) is 16.8. The van der Waals surface area contributed by atoms with E-state index in [0.717, 1.165) is 12.8 Å². The van der Waals surface area contributed by atoms with Crippen molar-refractivity contribution >= 4 is 11.9 Å². The molecule has 0 aromatic carbocycles. The highest BCUT2D eigenvalue weighted by atomic mass is 16.4. The fourth-order valence-electron chi connectivity index (χ4n) is 3.05. The molecule has 0 aromatic heterocycles. The van der Waals surface area contributed by atoms with Gasteiger partial charge in [0.05, 0.1) is 21.1 Å². The van der Waals surface area contributed by atoms with Gasteiger partial charge in [0.2, 0.25) is 0 Å². The fraction of sp³-hybridized carbons (Fsp3) is 0.913. The van der Waals surface area contributed by atoms with Gasteiger partial charge in [0.25, 0.3) is 0 Å². The molecule has 5 nitrogen and oxygen atoms in total. The van der Waals surface area contributed by atoms with Crippen molar-refractivity contribution in [3.63, 3.8) is 0 Å². The molecule has 2 N–H and O–H groups in total. The van der Waals surface area contributed by atoms with Crippen LogP contribution in [0.2, 0.25) is 0 Å². The first kappa shape index (κ1) is 29.1. The Morgan fingerprint density at radius 2 is 0.893 bits per heavy atom. The van der Waals surface area contributed by atoms with Gasteiger partial charge in [-0.25, -0.2) is 4.79 Å². The lowest BCUT2D eigenvalue weighted by molar-refractivity contribution is -0.862. The van der Waals surface area contributed by atoms with Gasteiger partial charge in [0, 0.05) is 6.42 Å². The molecule has 0 aliphatic rings. The Bertz CT molecular complexity index is 364. The number of hydrogen-bond acceptors (Lipinski definition) is 2. The van der Waals surface area contributed by atoms with E-state index in [1.807, 2.05) is 21.1 Å². The molecule has 0 saturated carbocycles. The predicted octanol–water partition coefficient (Wildman–Crippen LogP) is 6.11. The zero-order valence-electron chi connectivity index (χ0n) is 19.2. The molecule has 5 heteroatoms. The first-order valence-corrected chi connectivity index (χ1v) is 11.4. The number of aliphatic carboxylic acids is 2. The summed E-state index contributed by atoms with van der Waals surface area (Å²) >= 11 is 0. The minimum absolute atomic E-state index is 0.181. The SMILES string of the molecule is CCCCCCCCCCCCCCCCCC(=O)O.C[N+](C)(C)CC(=O)O. The number of hydrogen-bond donors (Lipinski definition) is 2. The van der Waals surface area contributed by atoms with Crippen LogP contribution in [0.3, 0.4) is 0 Å².